The molecule has 0 aliphatic carbocycles. The number of nitrogens with zero attached hydrogens (tertiary/aromatic N) is 1. The molecule has 0 spiro atoms. The zero-order chi connectivity index (χ0) is 21.2. The molecule has 3 N–H and O–H groups in total. The topological polar surface area (TPSA) is 84.0 Å². The lowest BCUT2D eigenvalue weighted by atomic mass is 10.2. The first kappa shape index (κ1) is 22.4. The Morgan fingerprint density at radius 2 is 1.97 bits per heavy atom. The summed E-state index contributed by atoms with van der Waals surface area (Å²) in [7, 11) is 3.26. The lowest BCUT2D eigenvalue weighted by Gasteiger charge is -2.15. The number of ether oxygens (including phenoxy) is 2. The summed E-state index contributed by atoms with van der Waals surface area (Å²) in [5.41, 5.74) is 2.35. The molecule has 7 nitrogen and oxygen atoms in total. The minimum atomic E-state index is -0.110. The van der Waals surface area contributed by atoms with Gasteiger partial charge in [0.1, 0.15) is 0 Å². The summed E-state index contributed by atoms with van der Waals surface area (Å²) >= 11 is 6.08. The summed E-state index contributed by atoms with van der Waals surface area (Å²) in [5, 5.41) is 9.79. The molecule has 0 unspecified atom stereocenters. The Labute approximate surface area is 176 Å². The highest BCUT2D eigenvalue weighted by Gasteiger charge is 2.09. The van der Waals surface area contributed by atoms with Gasteiger partial charge in [-0.3, -0.25) is 9.79 Å². The van der Waals surface area contributed by atoms with Crippen LogP contribution in [0, 0.1) is 6.92 Å². The average Bonchev–Trinajstić information content (AvgIpc) is 2.71. The van der Waals surface area contributed by atoms with Gasteiger partial charge < -0.3 is 25.4 Å². The molecule has 1 amide bonds. The van der Waals surface area contributed by atoms with Crippen molar-refractivity contribution < 1.29 is 14.3 Å². The van der Waals surface area contributed by atoms with E-state index in [1.807, 2.05) is 38.1 Å². The lowest BCUT2D eigenvalue weighted by Crippen LogP contribution is -2.33. The van der Waals surface area contributed by atoms with Crippen LogP contribution in [-0.4, -0.2) is 39.2 Å². The van der Waals surface area contributed by atoms with E-state index in [0.29, 0.717) is 41.3 Å². The maximum absolute atomic E-state index is 12.2. The van der Waals surface area contributed by atoms with Crippen LogP contribution in [0.1, 0.15) is 18.9 Å². The number of methoxy groups -OCH3 is 1. The van der Waals surface area contributed by atoms with Gasteiger partial charge in [0.25, 0.3) is 0 Å². The van der Waals surface area contributed by atoms with E-state index < -0.39 is 0 Å². The van der Waals surface area contributed by atoms with Gasteiger partial charge in [-0.25, -0.2) is 0 Å². The quantitative estimate of drug-likeness (QED) is 0.444. The summed E-state index contributed by atoms with van der Waals surface area (Å²) in [6.45, 7) is 4.73. The summed E-state index contributed by atoms with van der Waals surface area (Å²) in [6.07, 6.45) is 0.277. The molecule has 2 aromatic rings. The number of benzene rings is 2. The molecule has 0 atom stereocenters. The highest BCUT2D eigenvalue weighted by Crippen LogP contribution is 2.30. The van der Waals surface area contributed by atoms with Crippen molar-refractivity contribution in [3.05, 3.63) is 47.0 Å². The van der Waals surface area contributed by atoms with Gasteiger partial charge in [0, 0.05) is 42.5 Å². The van der Waals surface area contributed by atoms with E-state index in [0.717, 1.165) is 11.3 Å². The van der Waals surface area contributed by atoms with Crippen LogP contribution >= 0.6 is 11.6 Å². The third kappa shape index (κ3) is 6.57. The number of hydrogen-bond acceptors (Lipinski definition) is 4. The monoisotopic (exact) mass is 418 g/mol. The third-order valence-electron chi connectivity index (χ3n) is 4.14. The third-order valence-corrected chi connectivity index (χ3v) is 4.55. The van der Waals surface area contributed by atoms with E-state index in [9.17, 15) is 4.79 Å². The fraction of sp³-hybridized carbons (Fsp3) is 0.333. The molecule has 0 heterocycles. The number of hydrogen-bond donors (Lipinski definition) is 3. The molecular weight excluding hydrogens is 392 g/mol. The number of carbonyl (C=O) groups is 1. The molecule has 8 heteroatoms. The SMILES string of the molecule is CCOc1cc(NC(=NC)NCCC(=O)Nc2cccc(Cl)c2C)ccc1OC. The minimum absolute atomic E-state index is 0.110. The standard InChI is InChI=1S/C21H27ClN4O3/c1-5-29-19-13-15(9-10-18(19)28-4)25-21(23-3)24-12-11-20(27)26-17-8-6-7-16(22)14(17)2/h6-10,13H,5,11-12H2,1-4H3,(H,26,27)(H2,23,24,25). The van der Waals surface area contributed by atoms with E-state index in [-0.39, 0.29) is 12.3 Å². The number of halogens is 1. The van der Waals surface area contributed by atoms with Crippen molar-refractivity contribution in [2.24, 2.45) is 4.99 Å². The Balaban J connectivity index is 1.88. The number of guanidine groups is 1. The Bertz CT molecular complexity index is 871. The predicted molar refractivity (Wildman–Crippen MR) is 119 cm³/mol. The van der Waals surface area contributed by atoms with Gasteiger partial charge >= 0.3 is 0 Å². The summed E-state index contributed by atoms with van der Waals surface area (Å²) in [6, 6.07) is 10.9. The van der Waals surface area contributed by atoms with Crippen LogP contribution in [-0.2, 0) is 4.79 Å². The number of carbonyl (C=O) groups excluding carboxylic acids is 1. The Morgan fingerprint density at radius 1 is 1.17 bits per heavy atom. The van der Waals surface area contributed by atoms with Gasteiger partial charge in [0.2, 0.25) is 5.91 Å². The smallest absolute Gasteiger partial charge is 0.226 e. The van der Waals surface area contributed by atoms with E-state index in [4.69, 9.17) is 21.1 Å². The van der Waals surface area contributed by atoms with Gasteiger partial charge in [0.15, 0.2) is 17.5 Å². The van der Waals surface area contributed by atoms with Gasteiger partial charge in [-0.1, -0.05) is 17.7 Å². The lowest BCUT2D eigenvalue weighted by molar-refractivity contribution is -0.116. The summed E-state index contributed by atoms with van der Waals surface area (Å²) in [5.74, 6) is 1.74. The van der Waals surface area contributed by atoms with E-state index in [1.54, 1.807) is 26.3 Å². The first-order chi connectivity index (χ1) is 14.0. The first-order valence-electron chi connectivity index (χ1n) is 9.32. The molecule has 2 rings (SSSR count). The molecule has 0 saturated heterocycles. The van der Waals surface area contributed by atoms with Crippen molar-refractivity contribution in [2.45, 2.75) is 20.3 Å². The van der Waals surface area contributed by atoms with E-state index in [2.05, 4.69) is 20.9 Å². The molecule has 156 valence electrons. The minimum Gasteiger partial charge on any atom is -0.493 e. The van der Waals surface area contributed by atoms with Crippen LogP contribution in [0.2, 0.25) is 5.02 Å². The van der Waals surface area contributed by atoms with Crippen molar-refractivity contribution in [1.29, 1.82) is 0 Å². The molecule has 29 heavy (non-hydrogen) atoms. The molecule has 0 bridgehead atoms. The molecule has 0 aromatic heterocycles. The van der Waals surface area contributed by atoms with Crippen molar-refractivity contribution in [1.82, 2.24) is 5.32 Å². The molecule has 0 radical (unpaired) electrons. The number of anilines is 2. The summed E-state index contributed by atoms with van der Waals surface area (Å²) in [4.78, 5) is 16.4. The average molecular weight is 419 g/mol. The van der Waals surface area contributed by atoms with Crippen LogP contribution in [0.15, 0.2) is 41.4 Å². The second-order valence-corrected chi connectivity index (χ2v) is 6.54. The largest absolute Gasteiger partial charge is 0.493 e. The normalized spacial score (nSPS) is 11.0. The highest BCUT2D eigenvalue weighted by atomic mass is 35.5. The zero-order valence-corrected chi connectivity index (χ0v) is 17.9. The van der Waals surface area contributed by atoms with Crippen molar-refractivity contribution in [3.8, 4) is 11.5 Å². The van der Waals surface area contributed by atoms with Crippen LogP contribution < -0.4 is 25.4 Å². The molecule has 0 aliphatic rings. The first-order valence-corrected chi connectivity index (χ1v) is 9.69. The number of rotatable bonds is 8. The van der Waals surface area contributed by atoms with Crippen LogP contribution in [0.3, 0.4) is 0 Å². The molecule has 0 fully saturated rings. The van der Waals surface area contributed by atoms with E-state index >= 15 is 0 Å². The van der Waals surface area contributed by atoms with Crippen molar-refractivity contribution in [2.75, 3.05) is 37.9 Å². The maximum Gasteiger partial charge on any atom is 0.226 e. The van der Waals surface area contributed by atoms with E-state index in [1.165, 1.54) is 0 Å². The molecular formula is C21H27ClN4O3. The molecule has 2 aromatic carbocycles. The van der Waals surface area contributed by atoms with Crippen LogP contribution in [0.5, 0.6) is 11.5 Å². The van der Waals surface area contributed by atoms with Crippen molar-refractivity contribution in [3.63, 3.8) is 0 Å². The molecule has 0 saturated carbocycles. The van der Waals surface area contributed by atoms with Crippen LogP contribution in [0.25, 0.3) is 0 Å². The molecule has 0 aliphatic heterocycles. The highest BCUT2D eigenvalue weighted by molar-refractivity contribution is 6.31. The second kappa shape index (κ2) is 11.2. The number of amides is 1. The second-order valence-electron chi connectivity index (χ2n) is 6.13. The zero-order valence-electron chi connectivity index (χ0n) is 17.1. The Morgan fingerprint density at radius 3 is 2.66 bits per heavy atom. The summed E-state index contributed by atoms with van der Waals surface area (Å²) < 4.78 is 10.9. The van der Waals surface area contributed by atoms with Gasteiger partial charge in [-0.15, -0.1) is 0 Å². The van der Waals surface area contributed by atoms with Crippen molar-refractivity contribution >= 4 is 34.8 Å². The van der Waals surface area contributed by atoms with Gasteiger partial charge in [-0.05, 0) is 43.7 Å². The predicted octanol–water partition coefficient (Wildman–Crippen LogP) is 4.07. The van der Waals surface area contributed by atoms with Gasteiger partial charge in [-0.2, -0.15) is 0 Å². The number of aliphatic imine (C=N–C) groups is 1. The van der Waals surface area contributed by atoms with Crippen LogP contribution in [0.4, 0.5) is 11.4 Å². The number of nitrogens with one attached hydrogen (secondary N) is 3. The Kier molecular flexibility index (Phi) is 8.61. The maximum atomic E-state index is 12.2. The Hall–Kier alpha value is -2.93. The fourth-order valence-corrected chi connectivity index (χ4v) is 2.76. The van der Waals surface area contributed by atoms with Gasteiger partial charge in [0.05, 0.1) is 13.7 Å². The fourth-order valence-electron chi connectivity index (χ4n) is 2.59.